The van der Waals surface area contributed by atoms with Crippen LogP contribution in [0.25, 0.3) is 0 Å². The average molecular weight is 242 g/mol. The van der Waals surface area contributed by atoms with E-state index >= 15 is 0 Å². The summed E-state index contributed by atoms with van der Waals surface area (Å²) >= 11 is 0. The fourth-order valence-corrected chi connectivity index (χ4v) is 2.00. The van der Waals surface area contributed by atoms with Crippen LogP contribution in [0.4, 0.5) is 17.5 Å². The average Bonchev–Trinajstić information content (AvgIpc) is 2.95. The Balaban J connectivity index is 1.71. The number of anilines is 3. The van der Waals surface area contributed by atoms with Crippen LogP contribution in [0.3, 0.4) is 0 Å². The van der Waals surface area contributed by atoms with Gasteiger partial charge >= 0.3 is 0 Å². The molecule has 2 aromatic rings. The van der Waals surface area contributed by atoms with Gasteiger partial charge in [-0.1, -0.05) is 0 Å². The summed E-state index contributed by atoms with van der Waals surface area (Å²) in [5.74, 6) is 2.29. The van der Waals surface area contributed by atoms with Gasteiger partial charge in [-0.15, -0.1) is 10.2 Å². The van der Waals surface area contributed by atoms with Gasteiger partial charge in [-0.25, -0.2) is 4.98 Å². The summed E-state index contributed by atoms with van der Waals surface area (Å²) < 4.78 is 0. The van der Waals surface area contributed by atoms with Gasteiger partial charge in [0.2, 0.25) is 0 Å². The van der Waals surface area contributed by atoms with Gasteiger partial charge in [0, 0.05) is 25.5 Å². The Hall–Kier alpha value is -2.24. The first-order valence-corrected chi connectivity index (χ1v) is 6.03. The standard InChI is InChI=1S/C12H14N6/c1-2-8-18(7-1)12-4-3-10(16-17-12)15-11-9-13-5-6-14-11/h3-6,9H,1-2,7-8H2,(H,14,15,16). The molecule has 0 amide bonds. The molecule has 2 aromatic heterocycles. The van der Waals surface area contributed by atoms with Crippen LogP contribution >= 0.6 is 0 Å². The third kappa shape index (κ3) is 2.37. The number of rotatable bonds is 3. The second kappa shape index (κ2) is 4.95. The highest BCUT2D eigenvalue weighted by Crippen LogP contribution is 2.18. The van der Waals surface area contributed by atoms with Crippen molar-refractivity contribution < 1.29 is 0 Å². The minimum atomic E-state index is 0.667. The lowest BCUT2D eigenvalue weighted by atomic mass is 10.4. The van der Waals surface area contributed by atoms with Gasteiger partial charge < -0.3 is 10.2 Å². The molecule has 6 nitrogen and oxygen atoms in total. The topological polar surface area (TPSA) is 66.8 Å². The van der Waals surface area contributed by atoms with Crippen LogP contribution in [-0.2, 0) is 0 Å². The van der Waals surface area contributed by atoms with E-state index in [-0.39, 0.29) is 0 Å². The molecule has 0 aliphatic carbocycles. The second-order valence-corrected chi connectivity index (χ2v) is 4.19. The van der Waals surface area contributed by atoms with Gasteiger partial charge in [-0.3, -0.25) is 4.98 Å². The molecule has 0 radical (unpaired) electrons. The van der Waals surface area contributed by atoms with E-state index in [2.05, 4.69) is 30.4 Å². The van der Waals surface area contributed by atoms with E-state index in [0.29, 0.717) is 11.6 Å². The summed E-state index contributed by atoms with van der Waals surface area (Å²) in [5.41, 5.74) is 0. The molecule has 3 heterocycles. The molecule has 0 atom stereocenters. The highest BCUT2D eigenvalue weighted by atomic mass is 15.3. The molecular weight excluding hydrogens is 228 g/mol. The molecule has 0 aromatic carbocycles. The van der Waals surface area contributed by atoms with Crippen molar-refractivity contribution in [1.82, 2.24) is 20.2 Å². The summed E-state index contributed by atoms with van der Waals surface area (Å²) in [6.07, 6.45) is 7.39. The monoisotopic (exact) mass is 242 g/mol. The molecule has 18 heavy (non-hydrogen) atoms. The number of nitrogens with one attached hydrogen (secondary N) is 1. The van der Waals surface area contributed by atoms with Crippen molar-refractivity contribution in [3.63, 3.8) is 0 Å². The maximum Gasteiger partial charge on any atom is 0.154 e. The Morgan fingerprint density at radius 1 is 1.00 bits per heavy atom. The summed E-state index contributed by atoms with van der Waals surface area (Å²) in [6.45, 7) is 2.15. The summed E-state index contributed by atoms with van der Waals surface area (Å²) in [6, 6.07) is 3.90. The van der Waals surface area contributed by atoms with Crippen molar-refractivity contribution in [1.29, 1.82) is 0 Å². The number of nitrogens with zero attached hydrogens (tertiary/aromatic N) is 5. The van der Waals surface area contributed by atoms with Gasteiger partial charge in [0.15, 0.2) is 11.6 Å². The fraction of sp³-hybridized carbons (Fsp3) is 0.333. The maximum atomic E-state index is 4.22. The molecule has 6 heteroatoms. The smallest absolute Gasteiger partial charge is 0.154 e. The highest BCUT2D eigenvalue weighted by Gasteiger charge is 2.13. The predicted octanol–water partition coefficient (Wildman–Crippen LogP) is 1.61. The molecule has 1 aliphatic heterocycles. The number of hydrogen-bond acceptors (Lipinski definition) is 6. The normalized spacial score (nSPS) is 14.8. The molecule has 1 saturated heterocycles. The van der Waals surface area contributed by atoms with Gasteiger partial charge in [0.1, 0.15) is 5.82 Å². The predicted molar refractivity (Wildman–Crippen MR) is 68.8 cm³/mol. The number of aromatic nitrogens is 4. The Morgan fingerprint density at radius 3 is 2.56 bits per heavy atom. The van der Waals surface area contributed by atoms with Gasteiger partial charge in [0.25, 0.3) is 0 Å². The Bertz CT molecular complexity index is 492. The van der Waals surface area contributed by atoms with Crippen LogP contribution < -0.4 is 10.2 Å². The molecule has 0 unspecified atom stereocenters. The van der Waals surface area contributed by atoms with E-state index in [1.165, 1.54) is 12.8 Å². The summed E-state index contributed by atoms with van der Waals surface area (Å²) in [4.78, 5) is 10.4. The lowest BCUT2D eigenvalue weighted by Crippen LogP contribution is -2.19. The van der Waals surface area contributed by atoms with Crippen molar-refractivity contribution in [3.8, 4) is 0 Å². The van der Waals surface area contributed by atoms with Crippen LogP contribution in [0.1, 0.15) is 12.8 Å². The summed E-state index contributed by atoms with van der Waals surface area (Å²) in [7, 11) is 0. The summed E-state index contributed by atoms with van der Waals surface area (Å²) in [5, 5.41) is 11.4. The van der Waals surface area contributed by atoms with Crippen LogP contribution in [0.15, 0.2) is 30.7 Å². The SMILES string of the molecule is c1cnc(Nc2ccc(N3CCCC3)nn2)cn1. The van der Waals surface area contributed by atoms with Crippen LogP contribution in [0.2, 0.25) is 0 Å². The van der Waals surface area contributed by atoms with Crippen LogP contribution in [0.5, 0.6) is 0 Å². The van der Waals surface area contributed by atoms with Gasteiger partial charge in [0.05, 0.1) is 6.20 Å². The zero-order chi connectivity index (χ0) is 12.2. The number of hydrogen-bond donors (Lipinski definition) is 1. The molecule has 0 bridgehead atoms. The molecule has 0 saturated carbocycles. The first kappa shape index (κ1) is 10.9. The molecule has 1 N–H and O–H groups in total. The Labute approximate surface area is 105 Å². The molecular formula is C12H14N6. The second-order valence-electron chi connectivity index (χ2n) is 4.19. The largest absolute Gasteiger partial charge is 0.355 e. The van der Waals surface area contributed by atoms with E-state index in [4.69, 9.17) is 0 Å². The van der Waals surface area contributed by atoms with Crippen LogP contribution in [-0.4, -0.2) is 33.3 Å². The third-order valence-electron chi connectivity index (χ3n) is 2.90. The van der Waals surface area contributed by atoms with Gasteiger partial charge in [-0.2, -0.15) is 0 Å². The third-order valence-corrected chi connectivity index (χ3v) is 2.90. The quantitative estimate of drug-likeness (QED) is 0.882. The minimum absolute atomic E-state index is 0.667. The molecule has 0 spiro atoms. The van der Waals surface area contributed by atoms with Crippen molar-refractivity contribution in [2.75, 3.05) is 23.3 Å². The Morgan fingerprint density at radius 2 is 1.89 bits per heavy atom. The molecule has 1 aliphatic rings. The zero-order valence-corrected chi connectivity index (χ0v) is 9.95. The molecule has 92 valence electrons. The fourth-order valence-electron chi connectivity index (χ4n) is 2.00. The first-order chi connectivity index (χ1) is 8.92. The van der Waals surface area contributed by atoms with E-state index in [1.54, 1.807) is 18.6 Å². The zero-order valence-electron chi connectivity index (χ0n) is 9.95. The van der Waals surface area contributed by atoms with E-state index in [1.807, 2.05) is 12.1 Å². The van der Waals surface area contributed by atoms with Crippen molar-refractivity contribution >= 4 is 17.5 Å². The van der Waals surface area contributed by atoms with Crippen molar-refractivity contribution in [2.24, 2.45) is 0 Å². The molecule has 1 fully saturated rings. The Kier molecular flexibility index (Phi) is 2.99. The van der Waals surface area contributed by atoms with Gasteiger partial charge in [-0.05, 0) is 25.0 Å². The minimum Gasteiger partial charge on any atom is -0.355 e. The molecule has 3 rings (SSSR count). The van der Waals surface area contributed by atoms with E-state index in [9.17, 15) is 0 Å². The highest BCUT2D eigenvalue weighted by molar-refractivity contribution is 5.51. The van der Waals surface area contributed by atoms with Crippen molar-refractivity contribution in [3.05, 3.63) is 30.7 Å². The first-order valence-electron chi connectivity index (χ1n) is 6.03. The maximum absolute atomic E-state index is 4.22. The lowest BCUT2D eigenvalue weighted by molar-refractivity contribution is 0.895. The van der Waals surface area contributed by atoms with Crippen molar-refractivity contribution in [2.45, 2.75) is 12.8 Å². The lowest BCUT2D eigenvalue weighted by Gasteiger charge is -2.15. The van der Waals surface area contributed by atoms with Crippen LogP contribution in [0, 0.1) is 0 Å². The van der Waals surface area contributed by atoms with E-state index in [0.717, 1.165) is 18.9 Å². The van der Waals surface area contributed by atoms with E-state index < -0.39 is 0 Å².